The van der Waals surface area contributed by atoms with Crippen LogP contribution in [-0.4, -0.2) is 10.5 Å². The number of amides is 1. The molecule has 1 heterocycles. The van der Waals surface area contributed by atoms with E-state index in [-0.39, 0.29) is 12.1 Å². The van der Waals surface area contributed by atoms with Gasteiger partial charge in [0.2, 0.25) is 5.91 Å². The molecule has 4 rings (SSSR count). The smallest absolute Gasteiger partial charge is 0.249 e. The fourth-order valence-electron chi connectivity index (χ4n) is 3.96. The number of hydrogen-bond donors (Lipinski definition) is 1. The highest BCUT2D eigenvalue weighted by molar-refractivity contribution is 6.18. The minimum absolute atomic E-state index is 0.0114. The Morgan fingerprint density at radius 2 is 1.80 bits per heavy atom. The van der Waals surface area contributed by atoms with Crippen LogP contribution in [0.1, 0.15) is 41.3 Å². The van der Waals surface area contributed by atoms with Crippen LogP contribution in [0.3, 0.4) is 0 Å². The summed E-state index contributed by atoms with van der Waals surface area (Å²) in [7, 11) is 0. The summed E-state index contributed by atoms with van der Waals surface area (Å²) in [4.78, 5) is 12.0. The van der Waals surface area contributed by atoms with Gasteiger partial charge in [0.05, 0.1) is 12.1 Å². The van der Waals surface area contributed by atoms with Crippen LogP contribution in [0.5, 0.6) is 0 Å². The van der Waals surface area contributed by atoms with E-state index < -0.39 is 23.4 Å². The highest BCUT2D eigenvalue weighted by atomic mass is 19.2. The SMILES string of the molecule is CCCCc1ccc2c3c(C(N)=O)cccc3n(Cc3ccc(F)c(F)c3F)c2c1. The molecule has 6 heteroatoms. The van der Waals surface area contributed by atoms with Crippen molar-refractivity contribution in [3.63, 3.8) is 0 Å². The Kier molecular flexibility index (Phi) is 5.24. The van der Waals surface area contributed by atoms with E-state index in [4.69, 9.17) is 5.73 Å². The van der Waals surface area contributed by atoms with Crippen molar-refractivity contribution in [2.75, 3.05) is 0 Å². The van der Waals surface area contributed by atoms with Crippen LogP contribution in [0.15, 0.2) is 48.5 Å². The van der Waals surface area contributed by atoms with Crippen molar-refractivity contribution in [2.24, 2.45) is 5.73 Å². The molecule has 0 fully saturated rings. The Morgan fingerprint density at radius 1 is 1.00 bits per heavy atom. The van der Waals surface area contributed by atoms with Gasteiger partial charge >= 0.3 is 0 Å². The maximum Gasteiger partial charge on any atom is 0.249 e. The molecule has 1 amide bonds. The van der Waals surface area contributed by atoms with E-state index in [1.54, 1.807) is 12.1 Å². The molecule has 3 nitrogen and oxygen atoms in total. The molecule has 154 valence electrons. The maximum absolute atomic E-state index is 14.4. The Morgan fingerprint density at radius 3 is 2.53 bits per heavy atom. The van der Waals surface area contributed by atoms with Crippen molar-refractivity contribution in [1.82, 2.24) is 4.57 Å². The van der Waals surface area contributed by atoms with E-state index >= 15 is 0 Å². The van der Waals surface area contributed by atoms with Gasteiger partial charge in [0.25, 0.3) is 0 Å². The number of fused-ring (bicyclic) bond motifs is 3. The average molecular weight is 410 g/mol. The van der Waals surface area contributed by atoms with Gasteiger partial charge in [0.15, 0.2) is 17.5 Å². The molecule has 0 saturated carbocycles. The van der Waals surface area contributed by atoms with Crippen molar-refractivity contribution in [2.45, 2.75) is 32.7 Å². The number of carbonyl (C=O) groups is 1. The highest BCUT2D eigenvalue weighted by Crippen LogP contribution is 2.33. The van der Waals surface area contributed by atoms with Crippen LogP contribution < -0.4 is 5.73 Å². The Balaban J connectivity index is 1.99. The molecule has 4 aromatic rings. The summed E-state index contributed by atoms with van der Waals surface area (Å²) in [5, 5.41) is 1.48. The van der Waals surface area contributed by atoms with Gasteiger partial charge in [0.1, 0.15) is 0 Å². The van der Waals surface area contributed by atoms with E-state index in [0.29, 0.717) is 16.5 Å². The molecule has 0 spiro atoms. The van der Waals surface area contributed by atoms with Gasteiger partial charge in [-0.3, -0.25) is 4.79 Å². The average Bonchev–Trinajstić information content (AvgIpc) is 3.05. The fourth-order valence-corrected chi connectivity index (χ4v) is 3.96. The van der Waals surface area contributed by atoms with Gasteiger partial charge in [0, 0.05) is 27.4 Å². The van der Waals surface area contributed by atoms with Gasteiger partial charge < -0.3 is 10.3 Å². The van der Waals surface area contributed by atoms with Crippen LogP contribution in [0, 0.1) is 17.5 Å². The number of nitrogens with zero attached hydrogens (tertiary/aromatic N) is 1. The number of halogens is 3. The van der Waals surface area contributed by atoms with Crippen LogP contribution in [0.25, 0.3) is 21.8 Å². The molecule has 3 aromatic carbocycles. The standard InChI is InChI=1S/C24H21F3N2O/c1-2-3-5-14-8-10-16-20(12-14)29(13-15-9-11-18(25)23(27)22(15)26)19-7-4-6-17(21(16)19)24(28)30/h4,6-12H,2-3,5,13H2,1H3,(H2,28,30). The van der Waals surface area contributed by atoms with Crippen molar-refractivity contribution < 1.29 is 18.0 Å². The van der Waals surface area contributed by atoms with Crippen LogP contribution in [0.4, 0.5) is 13.2 Å². The number of hydrogen-bond acceptors (Lipinski definition) is 1. The number of primary amides is 1. The number of unbranched alkanes of at least 4 members (excludes halogenated alkanes) is 1. The van der Waals surface area contributed by atoms with Gasteiger partial charge in [-0.05, 0) is 42.7 Å². The van der Waals surface area contributed by atoms with E-state index in [9.17, 15) is 18.0 Å². The summed E-state index contributed by atoms with van der Waals surface area (Å²) in [5.74, 6) is -4.49. The van der Waals surface area contributed by atoms with E-state index in [2.05, 4.69) is 6.92 Å². The van der Waals surface area contributed by atoms with Gasteiger partial charge in [-0.2, -0.15) is 0 Å². The molecule has 0 radical (unpaired) electrons. The Labute approximate surface area is 171 Å². The first-order valence-electron chi connectivity index (χ1n) is 9.88. The summed E-state index contributed by atoms with van der Waals surface area (Å²) >= 11 is 0. The second-order valence-electron chi connectivity index (χ2n) is 7.44. The van der Waals surface area contributed by atoms with Crippen LogP contribution in [0.2, 0.25) is 0 Å². The largest absolute Gasteiger partial charge is 0.366 e. The predicted octanol–water partition coefficient (Wildman–Crippen LogP) is 5.70. The zero-order chi connectivity index (χ0) is 21.4. The minimum Gasteiger partial charge on any atom is -0.366 e. The number of carbonyl (C=O) groups excluding carboxylic acids is 1. The highest BCUT2D eigenvalue weighted by Gasteiger charge is 2.19. The third kappa shape index (κ3) is 3.32. The number of rotatable bonds is 6. The first-order valence-corrected chi connectivity index (χ1v) is 9.88. The van der Waals surface area contributed by atoms with Gasteiger partial charge in [-0.15, -0.1) is 0 Å². The summed E-state index contributed by atoms with van der Waals surface area (Å²) in [5.41, 5.74) is 8.56. The quantitative estimate of drug-likeness (QED) is 0.407. The molecule has 0 aliphatic heterocycles. The zero-order valence-electron chi connectivity index (χ0n) is 16.5. The lowest BCUT2D eigenvalue weighted by Gasteiger charge is -2.10. The first-order chi connectivity index (χ1) is 14.4. The summed E-state index contributed by atoms with van der Waals surface area (Å²) in [6.07, 6.45) is 2.96. The van der Waals surface area contributed by atoms with Gasteiger partial charge in [-0.1, -0.05) is 37.6 Å². The lowest BCUT2D eigenvalue weighted by molar-refractivity contribution is 0.100. The lowest BCUT2D eigenvalue weighted by Crippen LogP contribution is -2.11. The number of benzene rings is 3. The predicted molar refractivity (Wildman–Crippen MR) is 112 cm³/mol. The monoisotopic (exact) mass is 410 g/mol. The van der Waals surface area contributed by atoms with Crippen molar-refractivity contribution in [1.29, 1.82) is 0 Å². The molecular formula is C24H21F3N2O. The van der Waals surface area contributed by atoms with E-state index in [1.807, 2.05) is 28.8 Å². The summed E-state index contributed by atoms with van der Waals surface area (Å²) in [6, 6.07) is 13.3. The second-order valence-corrected chi connectivity index (χ2v) is 7.44. The molecule has 0 atom stereocenters. The molecule has 0 bridgehead atoms. The molecule has 0 saturated heterocycles. The lowest BCUT2D eigenvalue weighted by atomic mass is 10.0. The van der Waals surface area contributed by atoms with E-state index in [1.165, 1.54) is 6.07 Å². The molecule has 30 heavy (non-hydrogen) atoms. The summed E-state index contributed by atoms with van der Waals surface area (Å²) < 4.78 is 43.4. The van der Waals surface area contributed by atoms with Crippen molar-refractivity contribution in [3.8, 4) is 0 Å². The molecule has 1 aromatic heterocycles. The molecule has 0 aliphatic rings. The third-order valence-electron chi connectivity index (χ3n) is 5.48. The Hall–Kier alpha value is -3.28. The minimum atomic E-state index is -1.49. The molecule has 2 N–H and O–H groups in total. The normalized spacial score (nSPS) is 11.5. The molecular weight excluding hydrogens is 389 g/mol. The fraction of sp³-hybridized carbons (Fsp3) is 0.208. The number of aromatic nitrogens is 1. The first kappa shape index (κ1) is 20.0. The van der Waals surface area contributed by atoms with E-state index in [0.717, 1.165) is 41.8 Å². The summed E-state index contributed by atoms with van der Waals surface area (Å²) in [6.45, 7) is 2.10. The molecule has 0 aliphatic carbocycles. The van der Waals surface area contributed by atoms with Crippen LogP contribution in [-0.2, 0) is 13.0 Å². The van der Waals surface area contributed by atoms with Crippen molar-refractivity contribution in [3.05, 3.63) is 82.7 Å². The Bertz CT molecular complexity index is 1280. The van der Waals surface area contributed by atoms with Crippen LogP contribution >= 0.6 is 0 Å². The maximum atomic E-state index is 14.4. The topological polar surface area (TPSA) is 48.0 Å². The van der Waals surface area contributed by atoms with Gasteiger partial charge in [-0.25, -0.2) is 13.2 Å². The second kappa shape index (κ2) is 7.86. The zero-order valence-corrected chi connectivity index (χ0v) is 16.5. The number of aryl methyl sites for hydroxylation is 1. The third-order valence-corrected chi connectivity index (χ3v) is 5.48. The number of nitrogens with two attached hydrogens (primary N) is 1. The van der Waals surface area contributed by atoms with Crippen molar-refractivity contribution >= 4 is 27.7 Å². The molecule has 0 unspecified atom stereocenters.